The first-order valence-corrected chi connectivity index (χ1v) is 5.39. The van der Waals surface area contributed by atoms with Gasteiger partial charge in [-0.05, 0) is 38.6 Å². The number of hydrogen-bond acceptors (Lipinski definition) is 3. The van der Waals surface area contributed by atoms with Crippen LogP contribution in [0.15, 0.2) is 24.3 Å². The number of ether oxygens (including phenoxy) is 1. The number of phenols is 1. The molecule has 1 aliphatic rings. The highest BCUT2D eigenvalue weighted by atomic mass is 16.5. The normalized spacial score (nSPS) is 22.6. The van der Waals surface area contributed by atoms with E-state index in [1.54, 1.807) is 12.1 Å². The number of likely N-dealkylation sites (tertiary alicyclic amines) is 1. The molecule has 1 heterocycles. The minimum absolute atomic E-state index is 0.206. The van der Waals surface area contributed by atoms with E-state index in [0.29, 0.717) is 5.75 Å². The average molecular weight is 207 g/mol. The summed E-state index contributed by atoms with van der Waals surface area (Å²) in [6.45, 7) is 2.08. The van der Waals surface area contributed by atoms with Crippen molar-refractivity contribution in [2.75, 3.05) is 20.1 Å². The summed E-state index contributed by atoms with van der Waals surface area (Å²) in [6, 6.07) is 7.14. The largest absolute Gasteiger partial charge is 0.504 e. The minimum Gasteiger partial charge on any atom is -0.504 e. The lowest BCUT2D eigenvalue weighted by molar-refractivity contribution is 0.101. The van der Waals surface area contributed by atoms with Crippen LogP contribution < -0.4 is 4.74 Å². The van der Waals surface area contributed by atoms with Crippen molar-refractivity contribution >= 4 is 0 Å². The van der Waals surface area contributed by atoms with Crippen molar-refractivity contribution in [3.05, 3.63) is 24.3 Å². The van der Waals surface area contributed by atoms with Crippen LogP contribution in [0.1, 0.15) is 12.8 Å². The molecule has 1 aromatic carbocycles. The van der Waals surface area contributed by atoms with Gasteiger partial charge < -0.3 is 14.7 Å². The first-order chi connectivity index (χ1) is 7.25. The maximum absolute atomic E-state index is 9.57. The third kappa shape index (κ3) is 2.63. The number of nitrogens with zero attached hydrogens (tertiary/aromatic N) is 1. The van der Waals surface area contributed by atoms with Gasteiger partial charge in [0.1, 0.15) is 6.10 Å². The lowest BCUT2D eigenvalue weighted by atomic mass is 10.1. The fraction of sp³-hybridized carbons (Fsp3) is 0.500. The van der Waals surface area contributed by atoms with E-state index in [2.05, 4.69) is 11.9 Å². The maximum Gasteiger partial charge on any atom is 0.161 e. The Hall–Kier alpha value is -1.22. The van der Waals surface area contributed by atoms with Crippen molar-refractivity contribution in [1.29, 1.82) is 0 Å². The number of likely N-dealkylation sites (N-methyl/N-ethyl adjacent to an activating group) is 1. The van der Waals surface area contributed by atoms with Crippen molar-refractivity contribution < 1.29 is 9.84 Å². The molecule has 3 heteroatoms. The van der Waals surface area contributed by atoms with E-state index in [9.17, 15) is 5.11 Å². The number of hydrogen-bond donors (Lipinski definition) is 1. The monoisotopic (exact) mass is 207 g/mol. The first-order valence-electron chi connectivity index (χ1n) is 5.39. The van der Waals surface area contributed by atoms with Gasteiger partial charge in [-0.3, -0.25) is 0 Å². The van der Waals surface area contributed by atoms with Crippen LogP contribution in [0.25, 0.3) is 0 Å². The Morgan fingerprint density at radius 3 is 2.93 bits per heavy atom. The van der Waals surface area contributed by atoms with Gasteiger partial charge in [-0.2, -0.15) is 0 Å². The molecule has 0 saturated carbocycles. The van der Waals surface area contributed by atoms with Crippen LogP contribution in [0.4, 0.5) is 0 Å². The number of rotatable bonds is 2. The highest BCUT2D eigenvalue weighted by Crippen LogP contribution is 2.27. The molecule has 82 valence electrons. The standard InChI is InChI=1S/C12H17NO2/c1-13-8-4-5-10(9-13)15-12-7-3-2-6-11(12)14/h2-3,6-7,10,14H,4-5,8-9H2,1H3. The molecule has 1 N–H and O–H groups in total. The highest BCUT2D eigenvalue weighted by Gasteiger charge is 2.19. The lowest BCUT2D eigenvalue weighted by Crippen LogP contribution is -2.38. The van der Waals surface area contributed by atoms with Gasteiger partial charge in [-0.25, -0.2) is 0 Å². The highest BCUT2D eigenvalue weighted by molar-refractivity contribution is 5.38. The van der Waals surface area contributed by atoms with Gasteiger partial charge >= 0.3 is 0 Å². The maximum atomic E-state index is 9.57. The molecule has 0 amide bonds. The van der Waals surface area contributed by atoms with Crippen LogP contribution in [0.2, 0.25) is 0 Å². The van der Waals surface area contributed by atoms with Crippen LogP contribution in [-0.4, -0.2) is 36.2 Å². The number of phenolic OH excluding ortho intramolecular Hbond substituents is 1. The van der Waals surface area contributed by atoms with Gasteiger partial charge in [0, 0.05) is 6.54 Å². The second kappa shape index (κ2) is 4.53. The molecule has 1 unspecified atom stereocenters. The summed E-state index contributed by atoms with van der Waals surface area (Å²) in [4.78, 5) is 2.26. The zero-order chi connectivity index (χ0) is 10.7. The van der Waals surface area contributed by atoms with Crippen molar-refractivity contribution in [3.63, 3.8) is 0 Å². The Balaban J connectivity index is 1.99. The Bertz CT molecular complexity index is 327. The third-order valence-electron chi connectivity index (χ3n) is 2.74. The van der Waals surface area contributed by atoms with Crippen molar-refractivity contribution in [2.45, 2.75) is 18.9 Å². The molecule has 1 fully saturated rings. The Morgan fingerprint density at radius 2 is 2.20 bits per heavy atom. The second-order valence-corrected chi connectivity index (χ2v) is 4.11. The lowest BCUT2D eigenvalue weighted by Gasteiger charge is -2.30. The van der Waals surface area contributed by atoms with Crippen LogP contribution in [0, 0.1) is 0 Å². The van der Waals surface area contributed by atoms with E-state index in [0.717, 1.165) is 25.9 Å². The van der Waals surface area contributed by atoms with E-state index in [1.165, 1.54) is 0 Å². The molecule has 1 atom stereocenters. The van der Waals surface area contributed by atoms with E-state index in [4.69, 9.17) is 4.74 Å². The SMILES string of the molecule is CN1CCCC(Oc2ccccc2O)C1. The molecule has 0 aromatic heterocycles. The summed E-state index contributed by atoms with van der Waals surface area (Å²) in [5.74, 6) is 0.823. The summed E-state index contributed by atoms with van der Waals surface area (Å²) < 4.78 is 5.76. The molecule has 0 spiro atoms. The van der Waals surface area contributed by atoms with Crippen LogP contribution in [0.3, 0.4) is 0 Å². The Morgan fingerprint density at radius 1 is 1.40 bits per heavy atom. The molecule has 15 heavy (non-hydrogen) atoms. The fourth-order valence-electron chi connectivity index (χ4n) is 1.95. The number of para-hydroxylation sites is 2. The molecule has 0 bridgehead atoms. The Labute approximate surface area is 90.3 Å². The van der Waals surface area contributed by atoms with Crippen LogP contribution in [0.5, 0.6) is 11.5 Å². The zero-order valence-corrected chi connectivity index (χ0v) is 9.02. The minimum atomic E-state index is 0.206. The summed E-state index contributed by atoms with van der Waals surface area (Å²) in [6.07, 6.45) is 2.44. The van der Waals surface area contributed by atoms with Crippen LogP contribution in [-0.2, 0) is 0 Å². The summed E-state index contributed by atoms with van der Waals surface area (Å²) in [5, 5.41) is 9.57. The number of aromatic hydroxyl groups is 1. The average Bonchev–Trinajstić information content (AvgIpc) is 2.22. The summed E-state index contributed by atoms with van der Waals surface area (Å²) in [7, 11) is 2.10. The Kier molecular flexibility index (Phi) is 3.11. The summed E-state index contributed by atoms with van der Waals surface area (Å²) in [5.41, 5.74) is 0. The fourth-order valence-corrected chi connectivity index (χ4v) is 1.95. The number of piperidine rings is 1. The van der Waals surface area contributed by atoms with Crippen molar-refractivity contribution in [1.82, 2.24) is 4.90 Å². The molecule has 1 aliphatic heterocycles. The van der Waals surface area contributed by atoms with Gasteiger partial charge in [0.25, 0.3) is 0 Å². The number of benzene rings is 1. The molecule has 2 rings (SSSR count). The van der Waals surface area contributed by atoms with Gasteiger partial charge in [0.05, 0.1) is 0 Å². The van der Waals surface area contributed by atoms with E-state index in [1.807, 2.05) is 12.1 Å². The van der Waals surface area contributed by atoms with Crippen molar-refractivity contribution in [2.24, 2.45) is 0 Å². The topological polar surface area (TPSA) is 32.7 Å². The smallest absolute Gasteiger partial charge is 0.161 e. The van der Waals surface area contributed by atoms with Crippen molar-refractivity contribution in [3.8, 4) is 11.5 Å². The van der Waals surface area contributed by atoms with Crippen LogP contribution >= 0.6 is 0 Å². The molecule has 0 radical (unpaired) electrons. The summed E-state index contributed by atoms with van der Waals surface area (Å²) >= 11 is 0. The van der Waals surface area contributed by atoms with E-state index < -0.39 is 0 Å². The second-order valence-electron chi connectivity index (χ2n) is 4.11. The molecule has 1 aromatic rings. The van der Waals surface area contributed by atoms with Gasteiger partial charge in [-0.1, -0.05) is 12.1 Å². The molecular weight excluding hydrogens is 190 g/mol. The van der Waals surface area contributed by atoms with E-state index in [-0.39, 0.29) is 11.9 Å². The van der Waals surface area contributed by atoms with Gasteiger partial charge in [0.15, 0.2) is 11.5 Å². The third-order valence-corrected chi connectivity index (χ3v) is 2.74. The predicted octanol–water partition coefficient (Wildman–Crippen LogP) is 1.87. The van der Waals surface area contributed by atoms with E-state index >= 15 is 0 Å². The van der Waals surface area contributed by atoms with Gasteiger partial charge in [-0.15, -0.1) is 0 Å². The van der Waals surface area contributed by atoms with Gasteiger partial charge in [0.2, 0.25) is 0 Å². The predicted molar refractivity (Wildman–Crippen MR) is 59.3 cm³/mol. The quantitative estimate of drug-likeness (QED) is 0.803. The first kappa shape index (κ1) is 10.3. The molecule has 1 saturated heterocycles. The zero-order valence-electron chi connectivity index (χ0n) is 9.02. The molecule has 0 aliphatic carbocycles. The molecular formula is C12H17NO2. The molecule has 3 nitrogen and oxygen atoms in total.